The second-order valence-corrected chi connectivity index (χ2v) is 6.93. The Hall–Kier alpha value is -2.04. The first-order valence-electron chi connectivity index (χ1n) is 8.33. The summed E-state index contributed by atoms with van der Waals surface area (Å²) in [7, 11) is 0. The van der Waals surface area contributed by atoms with E-state index in [-0.39, 0.29) is 25.9 Å². The number of nitrogens with zero attached hydrogens (tertiary/aromatic N) is 1. The maximum absolute atomic E-state index is 8.49. The van der Waals surface area contributed by atoms with Crippen molar-refractivity contribution in [2.45, 2.75) is 20.0 Å². The monoisotopic (exact) mass is 555 g/mol. The number of pyridine rings is 1. The molecule has 1 atom stereocenters. The number of hydrogen-bond acceptors (Lipinski definition) is 4. The smallest absolute Gasteiger partial charge is 0.0877 e. The van der Waals surface area contributed by atoms with Crippen molar-refractivity contribution in [2.75, 3.05) is 0 Å². The molecule has 0 saturated carbocycles. The molecule has 0 aliphatic heterocycles. The molecule has 0 amide bonds. The van der Waals surface area contributed by atoms with Crippen LogP contribution in [0.3, 0.4) is 0 Å². The number of allylic oxidation sites excluding steroid dienone is 1. The van der Waals surface area contributed by atoms with E-state index in [9.17, 15) is 0 Å². The Kier molecular flexibility index (Phi) is 7.69. The third-order valence-electron chi connectivity index (χ3n) is 3.82. The van der Waals surface area contributed by atoms with Crippen LogP contribution in [0.5, 0.6) is 0 Å². The number of aliphatic hydroxyl groups is 2. The van der Waals surface area contributed by atoms with E-state index in [1.807, 2.05) is 12.3 Å². The standard InChI is InChI=1S/C17H10NS.C5H10O2.Ir/c1-2-6-13-12(4-1)5-3-7-14(13)17-15-9-11-19-16(15)8-10-18-17;1-4(6)3-5(2)7;/h1-6,8-11H;3-4,6-7H,1-2H3;/q-1;;. The molecular formula is C22H20IrNO2S-. The van der Waals surface area contributed by atoms with Crippen LogP contribution >= 0.6 is 11.3 Å². The van der Waals surface area contributed by atoms with Gasteiger partial charge in [-0.1, -0.05) is 35.7 Å². The number of thiophene rings is 1. The van der Waals surface area contributed by atoms with Gasteiger partial charge in [0.05, 0.1) is 11.9 Å². The normalized spacial score (nSPS) is 12.2. The zero-order chi connectivity index (χ0) is 18.5. The molecule has 0 aliphatic rings. The van der Waals surface area contributed by atoms with Crippen molar-refractivity contribution < 1.29 is 30.3 Å². The number of rotatable bonds is 2. The molecule has 2 aromatic heterocycles. The zero-order valence-electron chi connectivity index (χ0n) is 15.0. The van der Waals surface area contributed by atoms with Gasteiger partial charge in [-0.15, -0.1) is 40.5 Å². The van der Waals surface area contributed by atoms with E-state index in [0.29, 0.717) is 0 Å². The van der Waals surface area contributed by atoms with Gasteiger partial charge in [0, 0.05) is 31.0 Å². The summed E-state index contributed by atoms with van der Waals surface area (Å²) in [5.41, 5.74) is 2.11. The van der Waals surface area contributed by atoms with Gasteiger partial charge in [-0.25, -0.2) is 0 Å². The summed E-state index contributed by atoms with van der Waals surface area (Å²) in [4.78, 5) is 4.57. The molecule has 5 heteroatoms. The van der Waals surface area contributed by atoms with E-state index >= 15 is 0 Å². The second-order valence-electron chi connectivity index (χ2n) is 5.98. The minimum Gasteiger partial charge on any atom is -0.513 e. The summed E-state index contributed by atoms with van der Waals surface area (Å²) in [6.45, 7) is 3.10. The predicted molar refractivity (Wildman–Crippen MR) is 109 cm³/mol. The van der Waals surface area contributed by atoms with Gasteiger partial charge in [-0.2, -0.15) is 0 Å². The molecule has 27 heavy (non-hydrogen) atoms. The molecule has 1 radical (unpaired) electrons. The third kappa shape index (κ3) is 5.24. The molecule has 0 saturated heterocycles. The Labute approximate surface area is 176 Å². The molecule has 2 heterocycles. The van der Waals surface area contributed by atoms with Gasteiger partial charge < -0.3 is 15.2 Å². The van der Waals surface area contributed by atoms with Crippen LogP contribution in [0.25, 0.3) is 32.1 Å². The van der Waals surface area contributed by atoms with Crippen molar-refractivity contribution >= 4 is 32.2 Å². The zero-order valence-corrected chi connectivity index (χ0v) is 18.2. The Morgan fingerprint density at radius 2 is 1.93 bits per heavy atom. The van der Waals surface area contributed by atoms with Crippen molar-refractivity contribution in [3.63, 3.8) is 0 Å². The molecule has 0 spiro atoms. The van der Waals surface area contributed by atoms with Crippen LogP contribution in [0.2, 0.25) is 0 Å². The number of hydrogen-bond donors (Lipinski definition) is 2. The first kappa shape index (κ1) is 21.3. The Balaban J connectivity index is 0.000000285. The minimum atomic E-state index is -0.537. The van der Waals surface area contributed by atoms with Crippen molar-refractivity contribution in [3.8, 4) is 11.3 Å². The fraction of sp³-hybridized carbons (Fsp3) is 0.136. The van der Waals surface area contributed by atoms with E-state index in [2.05, 4.69) is 58.9 Å². The summed E-state index contributed by atoms with van der Waals surface area (Å²) in [5, 5.41) is 22.7. The van der Waals surface area contributed by atoms with Crippen LogP contribution in [0.15, 0.2) is 71.9 Å². The second kappa shape index (κ2) is 9.77. The molecule has 0 fully saturated rings. The molecule has 4 aromatic rings. The van der Waals surface area contributed by atoms with Crippen LogP contribution in [0.1, 0.15) is 13.8 Å². The van der Waals surface area contributed by atoms with E-state index in [1.165, 1.54) is 33.9 Å². The SMILES string of the molecule is CC(O)=CC(C)O.[Ir].[c-]1ccc2ccccc2c1-c1nccc2sccc12. The van der Waals surface area contributed by atoms with Gasteiger partial charge in [-0.3, -0.25) is 0 Å². The summed E-state index contributed by atoms with van der Waals surface area (Å²) < 4.78 is 1.27. The first-order chi connectivity index (χ1) is 12.6. The van der Waals surface area contributed by atoms with Crippen LogP contribution in [0.4, 0.5) is 0 Å². The largest absolute Gasteiger partial charge is 0.513 e. The molecule has 4 rings (SSSR count). The number of benzene rings is 2. The maximum Gasteiger partial charge on any atom is 0.0877 e. The van der Waals surface area contributed by atoms with Gasteiger partial charge in [0.15, 0.2) is 0 Å². The van der Waals surface area contributed by atoms with Crippen molar-refractivity contribution in [1.82, 2.24) is 4.98 Å². The van der Waals surface area contributed by atoms with E-state index in [0.717, 1.165) is 11.3 Å². The van der Waals surface area contributed by atoms with Gasteiger partial charge in [0.1, 0.15) is 0 Å². The average molecular weight is 555 g/mol. The van der Waals surface area contributed by atoms with Crippen LogP contribution in [0, 0.1) is 6.07 Å². The van der Waals surface area contributed by atoms with Gasteiger partial charge in [0.2, 0.25) is 0 Å². The van der Waals surface area contributed by atoms with Crippen molar-refractivity contribution in [2.24, 2.45) is 0 Å². The Morgan fingerprint density at radius 1 is 1.15 bits per heavy atom. The molecule has 1 unspecified atom stereocenters. The third-order valence-corrected chi connectivity index (χ3v) is 4.70. The number of fused-ring (bicyclic) bond motifs is 2. The molecule has 0 bridgehead atoms. The molecule has 3 nitrogen and oxygen atoms in total. The van der Waals surface area contributed by atoms with E-state index in [4.69, 9.17) is 10.2 Å². The average Bonchev–Trinajstić information content (AvgIpc) is 3.09. The fourth-order valence-electron chi connectivity index (χ4n) is 2.80. The number of aliphatic hydroxyl groups excluding tert-OH is 2. The van der Waals surface area contributed by atoms with Crippen LogP contribution in [-0.2, 0) is 20.1 Å². The summed E-state index contributed by atoms with van der Waals surface area (Å²) in [6.07, 6.45) is 2.70. The quantitative estimate of drug-likeness (QED) is 0.245. The first-order valence-corrected chi connectivity index (χ1v) is 9.21. The maximum atomic E-state index is 8.49. The van der Waals surface area contributed by atoms with E-state index in [1.54, 1.807) is 18.3 Å². The van der Waals surface area contributed by atoms with Crippen molar-refractivity contribution in [3.05, 3.63) is 78.0 Å². The molecule has 2 aromatic carbocycles. The summed E-state index contributed by atoms with van der Waals surface area (Å²) >= 11 is 1.75. The fourth-order valence-corrected chi connectivity index (χ4v) is 3.58. The molecular weight excluding hydrogens is 535 g/mol. The van der Waals surface area contributed by atoms with Gasteiger partial charge in [0.25, 0.3) is 0 Å². The summed E-state index contributed by atoms with van der Waals surface area (Å²) in [6, 6.07) is 20.0. The Bertz CT molecular complexity index is 1050. The minimum absolute atomic E-state index is 0. The van der Waals surface area contributed by atoms with Gasteiger partial charge >= 0.3 is 0 Å². The van der Waals surface area contributed by atoms with E-state index < -0.39 is 6.10 Å². The van der Waals surface area contributed by atoms with Crippen LogP contribution in [-0.4, -0.2) is 21.3 Å². The van der Waals surface area contributed by atoms with Crippen molar-refractivity contribution in [1.29, 1.82) is 0 Å². The predicted octanol–water partition coefficient (Wildman–Crippen LogP) is 5.74. The molecule has 141 valence electrons. The number of aromatic nitrogens is 1. The Morgan fingerprint density at radius 3 is 2.63 bits per heavy atom. The van der Waals surface area contributed by atoms with Gasteiger partial charge in [-0.05, 0) is 42.5 Å². The molecule has 2 N–H and O–H groups in total. The topological polar surface area (TPSA) is 53.4 Å². The van der Waals surface area contributed by atoms with Crippen LogP contribution < -0.4 is 0 Å². The molecule has 0 aliphatic carbocycles. The summed E-state index contributed by atoms with van der Waals surface area (Å²) in [5.74, 6) is 0.162.